The smallest absolute Gasteiger partial charge is 0.326 e. The number of aliphatic carboxylic acids is 1. The molecule has 2 heterocycles. The van der Waals surface area contributed by atoms with E-state index >= 15 is 0 Å². The molecular weight excluding hydrogens is 596 g/mol. The van der Waals surface area contributed by atoms with Crippen LogP contribution in [-0.2, 0) is 38.4 Å². The first-order valence-corrected chi connectivity index (χ1v) is 15.6. The molecule has 244 valence electrons. The highest BCUT2D eigenvalue weighted by atomic mass is 16.4. The minimum absolute atomic E-state index is 0.0264. The molecule has 0 fully saturated rings. The first-order valence-electron chi connectivity index (χ1n) is 15.6. The highest BCUT2D eigenvalue weighted by Gasteiger charge is 2.32. The normalized spacial score (nSPS) is 14.0. The molecule has 11 nitrogen and oxygen atoms in total. The lowest BCUT2D eigenvalue weighted by molar-refractivity contribution is -0.142. The summed E-state index contributed by atoms with van der Waals surface area (Å²) >= 11 is 0. The van der Waals surface area contributed by atoms with Crippen molar-refractivity contribution >= 4 is 45.5 Å². The van der Waals surface area contributed by atoms with E-state index in [-0.39, 0.29) is 25.2 Å². The average Bonchev–Trinajstić information content (AvgIpc) is 3.67. The van der Waals surface area contributed by atoms with Crippen LogP contribution in [0.5, 0.6) is 0 Å². The summed E-state index contributed by atoms with van der Waals surface area (Å²) < 4.78 is 0. The van der Waals surface area contributed by atoms with Crippen molar-refractivity contribution in [2.45, 2.75) is 57.3 Å². The second-order valence-corrected chi connectivity index (χ2v) is 12.1. The first-order chi connectivity index (χ1) is 22.6. The number of amides is 3. The fourth-order valence-corrected chi connectivity index (χ4v) is 5.62. The maximum Gasteiger partial charge on any atom is 0.326 e. The number of aromatic nitrogens is 2. The number of nitrogens with two attached hydrogens (primary N) is 1. The summed E-state index contributed by atoms with van der Waals surface area (Å²) in [6.45, 7) is 3.63. The number of para-hydroxylation sites is 2. The number of carboxylic acids is 1. The van der Waals surface area contributed by atoms with Gasteiger partial charge in [0, 0.05) is 53.5 Å². The Morgan fingerprint density at radius 3 is 1.62 bits per heavy atom. The Morgan fingerprint density at radius 2 is 1.09 bits per heavy atom. The number of rotatable bonds is 14. The molecule has 0 saturated heterocycles. The summed E-state index contributed by atoms with van der Waals surface area (Å²) in [5.41, 5.74) is 10.1. The number of carboxylic acid groups (broad SMARTS) is 1. The SMILES string of the molecule is CC(C)C(N)C(=O)NC(Cc1ccccc1)C(=O)NC(Cc1c[nH]c2ccccc12)C(=O)NC(Cc1c[nH]c2ccccc12)C(=O)O. The summed E-state index contributed by atoms with van der Waals surface area (Å²) in [4.78, 5) is 59.6. The van der Waals surface area contributed by atoms with Crippen molar-refractivity contribution in [2.75, 3.05) is 0 Å². The molecule has 4 atom stereocenters. The van der Waals surface area contributed by atoms with E-state index in [1.54, 1.807) is 12.4 Å². The van der Waals surface area contributed by atoms with E-state index < -0.39 is 47.9 Å². The third-order valence-electron chi connectivity index (χ3n) is 8.38. The summed E-state index contributed by atoms with van der Waals surface area (Å²) in [6.07, 6.45) is 3.75. The summed E-state index contributed by atoms with van der Waals surface area (Å²) in [5, 5.41) is 20.1. The zero-order valence-corrected chi connectivity index (χ0v) is 26.3. The van der Waals surface area contributed by atoms with E-state index in [9.17, 15) is 24.3 Å². The van der Waals surface area contributed by atoms with Crippen LogP contribution in [0.2, 0.25) is 0 Å². The van der Waals surface area contributed by atoms with Gasteiger partial charge in [0.05, 0.1) is 6.04 Å². The number of fused-ring (bicyclic) bond motifs is 2. The minimum atomic E-state index is -1.27. The van der Waals surface area contributed by atoms with Gasteiger partial charge >= 0.3 is 5.97 Å². The van der Waals surface area contributed by atoms with Gasteiger partial charge in [-0.3, -0.25) is 14.4 Å². The van der Waals surface area contributed by atoms with E-state index in [2.05, 4.69) is 25.9 Å². The van der Waals surface area contributed by atoms with Gasteiger partial charge in [-0.2, -0.15) is 0 Å². The number of nitrogens with one attached hydrogen (secondary N) is 5. The lowest BCUT2D eigenvalue weighted by Crippen LogP contribution is -2.58. The summed E-state index contributed by atoms with van der Waals surface area (Å²) in [6, 6.07) is 19.9. The molecule has 0 spiro atoms. The zero-order chi connectivity index (χ0) is 33.5. The van der Waals surface area contributed by atoms with Crippen LogP contribution in [0.25, 0.3) is 21.8 Å². The second-order valence-electron chi connectivity index (χ2n) is 12.1. The van der Waals surface area contributed by atoms with Crippen LogP contribution in [0.15, 0.2) is 91.3 Å². The van der Waals surface area contributed by atoms with Crippen LogP contribution < -0.4 is 21.7 Å². The van der Waals surface area contributed by atoms with Crippen LogP contribution in [0.3, 0.4) is 0 Å². The Hall–Kier alpha value is -5.42. The summed E-state index contributed by atoms with van der Waals surface area (Å²) in [7, 11) is 0. The predicted octanol–water partition coefficient (Wildman–Crippen LogP) is 3.20. The maximum absolute atomic E-state index is 13.9. The van der Waals surface area contributed by atoms with Crippen molar-refractivity contribution < 1.29 is 24.3 Å². The fraction of sp³-hybridized carbons (Fsp3) is 0.278. The zero-order valence-electron chi connectivity index (χ0n) is 26.3. The Kier molecular flexibility index (Phi) is 10.4. The Morgan fingerprint density at radius 1 is 0.638 bits per heavy atom. The van der Waals surface area contributed by atoms with Crippen LogP contribution in [0.1, 0.15) is 30.5 Å². The molecule has 0 aliphatic carbocycles. The molecule has 2 aromatic heterocycles. The molecule has 8 N–H and O–H groups in total. The van der Waals surface area contributed by atoms with Crippen LogP contribution in [0.4, 0.5) is 0 Å². The Labute approximate surface area is 272 Å². The first kappa shape index (κ1) is 33.0. The number of aromatic amines is 2. The highest BCUT2D eigenvalue weighted by molar-refractivity contribution is 5.95. The average molecular weight is 637 g/mol. The molecule has 5 rings (SSSR count). The number of hydrogen-bond acceptors (Lipinski definition) is 5. The molecule has 47 heavy (non-hydrogen) atoms. The van der Waals surface area contributed by atoms with Gasteiger partial charge in [-0.05, 0) is 34.7 Å². The third kappa shape index (κ3) is 8.06. The van der Waals surface area contributed by atoms with Crippen molar-refractivity contribution in [3.05, 3.63) is 108 Å². The third-order valence-corrected chi connectivity index (χ3v) is 8.38. The van der Waals surface area contributed by atoms with Crippen molar-refractivity contribution in [3.63, 3.8) is 0 Å². The predicted molar refractivity (Wildman–Crippen MR) is 180 cm³/mol. The molecule has 0 saturated carbocycles. The van der Waals surface area contributed by atoms with Gasteiger partial charge in [0.2, 0.25) is 17.7 Å². The molecule has 11 heteroatoms. The van der Waals surface area contributed by atoms with Gasteiger partial charge in [0.1, 0.15) is 18.1 Å². The highest BCUT2D eigenvalue weighted by Crippen LogP contribution is 2.21. The number of H-pyrrole nitrogens is 2. The van der Waals surface area contributed by atoms with Gasteiger partial charge < -0.3 is 36.8 Å². The molecule has 3 aromatic carbocycles. The van der Waals surface area contributed by atoms with Crippen molar-refractivity contribution in [3.8, 4) is 0 Å². The van der Waals surface area contributed by atoms with Crippen LogP contribution in [-0.4, -0.2) is 62.9 Å². The topological polar surface area (TPSA) is 182 Å². The number of benzene rings is 3. The lowest BCUT2D eigenvalue weighted by atomic mass is 10.00. The molecule has 0 aliphatic rings. The quantitative estimate of drug-likeness (QED) is 0.0982. The number of carbonyl (C=O) groups excluding carboxylic acids is 3. The molecular formula is C36H40N6O5. The Balaban J connectivity index is 1.42. The van der Waals surface area contributed by atoms with E-state index in [0.29, 0.717) is 0 Å². The van der Waals surface area contributed by atoms with Gasteiger partial charge in [-0.25, -0.2) is 4.79 Å². The maximum atomic E-state index is 13.9. The lowest BCUT2D eigenvalue weighted by Gasteiger charge is -2.26. The van der Waals surface area contributed by atoms with Crippen LogP contribution in [0, 0.1) is 5.92 Å². The van der Waals surface area contributed by atoms with E-state index in [0.717, 1.165) is 38.5 Å². The summed E-state index contributed by atoms with van der Waals surface area (Å²) in [5.74, 6) is -3.13. The van der Waals surface area contributed by atoms with Crippen molar-refractivity contribution in [2.24, 2.45) is 11.7 Å². The minimum Gasteiger partial charge on any atom is -0.480 e. The van der Waals surface area contributed by atoms with Gasteiger partial charge in [-0.1, -0.05) is 80.6 Å². The van der Waals surface area contributed by atoms with Crippen molar-refractivity contribution in [1.82, 2.24) is 25.9 Å². The molecule has 3 amide bonds. The van der Waals surface area contributed by atoms with Gasteiger partial charge in [0.25, 0.3) is 0 Å². The number of carbonyl (C=O) groups is 4. The van der Waals surface area contributed by atoms with Gasteiger partial charge in [0.15, 0.2) is 0 Å². The second kappa shape index (κ2) is 14.8. The number of hydrogen-bond donors (Lipinski definition) is 7. The molecule has 4 unspecified atom stereocenters. The Bertz CT molecular complexity index is 1860. The molecule has 0 radical (unpaired) electrons. The molecule has 5 aromatic rings. The van der Waals surface area contributed by atoms with E-state index in [1.165, 1.54) is 0 Å². The van der Waals surface area contributed by atoms with E-state index in [1.807, 2.05) is 92.7 Å². The fourth-order valence-electron chi connectivity index (χ4n) is 5.62. The monoisotopic (exact) mass is 636 g/mol. The largest absolute Gasteiger partial charge is 0.480 e. The van der Waals surface area contributed by atoms with E-state index in [4.69, 9.17) is 5.73 Å². The van der Waals surface area contributed by atoms with Crippen LogP contribution >= 0.6 is 0 Å². The standard InChI is InChI=1S/C36H40N6O5/c1-21(2)32(37)35(45)41-29(16-22-10-4-3-5-11-22)33(43)40-30(17-23-19-38-27-14-8-6-12-25(23)27)34(44)42-31(36(46)47)18-24-20-39-28-15-9-7-13-26(24)28/h3-15,19-21,29-32,38-39H,16-18,37H2,1-2H3,(H,40,43)(H,41,45)(H,42,44)(H,46,47). The molecule has 0 bridgehead atoms. The molecule has 0 aliphatic heterocycles. The van der Waals surface area contributed by atoms with Crippen molar-refractivity contribution in [1.29, 1.82) is 0 Å². The van der Waals surface area contributed by atoms with Gasteiger partial charge in [-0.15, -0.1) is 0 Å².